The van der Waals surface area contributed by atoms with Crippen LogP contribution in [0.3, 0.4) is 0 Å². The lowest BCUT2D eigenvalue weighted by Crippen LogP contribution is -2.44. The first-order valence-corrected chi connectivity index (χ1v) is 8.19. The summed E-state index contributed by atoms with van der Waals surface area (Å²) in [6, 6.07) is 12.9. The van der Waals surface area contributed by atoms with Gasteiger partial charge in [0.1, 0.15) is 11.4 Å². The van der Waals surface area contributed by atoms with Gasteiger partial charge in [-0.05, 0) is 55.8 Å². The number of rotatable bonds is 2. The fourth-order valence-corrected chi connectivity index (χ4v) is 3.50. The van der Waals surface area contributed by atoms with Gasteiger partial charge in [0.15, 0.2) is 5.82 Å². The van der Waals surface area contributed by atoms with Crippen LogP contribution in [0.2, 0.25) is 0 Å². The number of piperazine rings is 1. The van der Waals surface area contributed by atoms with Gasteiger partial charge in [0.25, 0.3) is 0 Å². The highest BCUT2D eigenvalue weighted by Crippen LogP contribution is 2.32. The SMILES string of the molecule is COc1ccc(C#Cc2ccc(N3C[C@@H]4C[C@H]3CN4C)nn2)cc1. The average molecular weight is 320 g/mol. The van der Waals surface area contributed by atoms with Crippen LogP contribution in [0.25, 0.3) is 0 Å². The van der Waals surface area contributed by atoms with Crippen LogP contribution in [0.15, 0.2) is 36.4 Å². The van der Waals surface area contributed by atoms with E-state index in [0.29, 0.717) is 17.8 Å². The molecule has 1 aromatic heterocycles. The van der Waals surface area contributed by atoms with Crippen LogP contribution in [-0.4, -0.2) is 54.4 Å². The van der Waals surface area contributed by atoms with E-state index in [2.05, 4.69) is 38.9 Å². The Morgan fingerprint density at radius 3 is 2.42 bits per heavy atom. The predicted octanol–water partition coefficient (Wildman–Crippen LogP) is 1.78. The fourth-order valence-electron chi connectivity index (χ4n) is 3.50. The molecule has 2 aliphatic heterocycles. The van der Waals surface area contributed by atoms with Gasteiger partial charge in [-0.2, -0.15) is 0 Å². The van der Waals surface area contributed by atoms with Crippen molar-refractivity contribution in [3.05, 3.63) is 47.7 Å². The number of hydrogen-bond acceptors (Lipinski definition) is 5. The topological polar surface area (TPSA) is 41.5 Å². The molecular formula is C19H20N4O. The lowest BCUT2D eigenvalue weighted by molar-refractivity contribution is 0.292. The predicted molar refractivity (Wildman–Crippen MR) is 93.2 cm³/mol. The van der Waals surface area contributed by atoms with E-state index in [1.54, 1.807) is 7.11 Å². The van der Waals surface area contributed by atoms with Gasteiger partial charge in [-0.1, -0.05) is 5.92 Å². The van der Waals surface area contributed by atoms with E-state index < -0.39 is 0 Å². The van der Waals surface area contributed by atoms with Crippen LogP contribution >= 0.6 is 0 Å². The van der Waals surface area contributed by atoms with Crippen molar-refractivity contribution in [2.45, 2.75) is 18.5 Å². The molecule has 122 valence electrons. The smallest absolute Gasteiger partial charge is 0.151 e. The first-order valence-electron chi connectivity index (χ1n) is 8.19. The maximum Gasteiger partial charge on any atom is 0.151 e. The summed E-state index contributed by atoms with van der Waals surface area (Å²) in [6.45, 7) is 2.16. The van der Waals surface area contributed by atoms with Crippen molar-refractivity contribution in [1.29, 1.82) is 0 Å². The highest BCUT2D eigenvalue weighted by molar-refractivity contribution is 5.46. The zero-order valence-electron chi connectivity index (χ0n) is 13.9. The van der Waals surface area contributed by atoms with Gasteiger partial charge in [-0.3, -0.25) is 4.90 Å². The molecule has 0 amide bonds. The molecule has 0 aliphatic carbocycles. The van der Waals surface area contributed by atoms with Gasteiger partial charge in [-0.15, -0.1) is 10.2 Å². The molecule has 2 atom stereocenters. The Labute approximate surface area is 142 Å². The van der Waals surface area contributed by atoms with Crippen molar-refractivity contribution in [3.63, 3.8) is 0 Å². The van der Waals surface area contributed by atoms with Crippen LogP contribution in [0, 0.1) is 11.8 Å². The van der Waals surface area contributed by atoms with Gasteiger partial charge in [-0.25, -0.2) is 0 Å². The lowest BCUT2D eigenvalue weighted by Gasteiger charge is -2.32. The van der Waals surface area contributed by atoms with Crippen LogP contribution in [-0.2, 0) is 0 Å². The Bertz CT molecular complexity index is 774. The maximum absolute atomic E-state index is 5.14. The van der Waals surface area contributed by atoms with Gasteiger partial charge in [0.05, 0.1) is 7.11 Å². The summed E-state index contributed by atoms with van der Waals surface area (Å²) in [7, 11) is 3.85. The number of hydrogen-bond donors (Lipinski definition) is 0. The molecule has 2 fully saturated rings. The number of ether oxygens (including phenoxy) is 1. The van der Waals surface area contributed by atoms with Crippen molar-refractivity contribution in [2.75, 3.05) is 32.1 Å². The Hall–Kier alpha value is -2.58. The summed E-state index contributed by atoms with van der Waals surface area (Å²) in [5.41, 5.74) is 1.62. The molecule has 5 heteroatoms. The first kappa shape index (κ1) is 15.0. The Morgan fingerprint density at radius 1 is 1.00 bits per heavy atom. The highest BCUT2D eigenvalue weighted by atomic mass is 16.5. The minimum Gasteiger partial charge on any atom is -0.497 e. The Morgan fingerprint density at radius 2 is 1.83 bits per heavy atom. The van der Waals surface area contributed by atoms with E-state index in [9.17, 15) is 0 Å². The average Bonchev–Trinajstić information content (AvgIpc) is 3.20. The molecular weight excluding hydrogens is 300 g/mol. The summed E-state index contributed by atoms with van der Waals surface area (Å²) in [5, 5.41) is 8.65. The number of benzene rings is 1. The van der Waals surface area contributed by atoms with Crippen molar-refractivity contribution < 1.29 is 4.74 Å². The van der Waals surface area contributed by atoms with Gasteiger partial charge < -0.3 is 9.64 Å². The summed E-state index contributed by atoms with van der Waals surface area (Å²) < 4.78 is 5.14. The second kappa shape index (κ2) is 6.14. The third-order valence-electron chi connectivity index (χ3n) is 4.88. The number of nitrogens with zero attached hydrogens (tertiary/aromatic N) is 4. The summed E-state index contributed by atoms with van der Waals surface area (Å²) in [4.78, 5) is 4.81. The molecule has 2 saturated heterocycles. The molecule has 0 radical (unpaired) electrons. The molecule has 2 aromatic rings. The van der Waals surface area contributed by atoms with Crippen molar-refractivity contribution in [2.24, 2.45) is 0 Å². The number of anilines is 1. The normalized spacial score (nSPS) is 22.3. The van der Waals surface area contributed by atoms with E-state index in [1.807, 2.05) is 36.4 Å². The van der Waals surface area contributed by atoms with Crippen LogP contribution in [0.4, 0.5) is 5.82 Å². The molecule has 0 spiro atoms. The van der Waals surface area contributed by atoms with Gasteiger partial charge >= 0.3 is 0 Å². The van der Waals surface area contributed by atoms with Crippen molar-refractivity contribution in [3.8, 4) is 17.6 Å². The minimum absolute atomic E-state index is 0.575. The van der Waals surface area contributed by atoms with Gasteiger partial charge in [0, 0.05) is 30.7 Å². The molecule has 0 saturated carbocycles. The largest absolute Gasteiger partial charge is 0.497 e. The fraction of sp³-hybridized carbons (Fsp3) is 0.368. The quantitative estimate of drug-likeness (QED) is 0.789. The summed E-state index contributed by atoms with van der Waals surface area (Å²) in [5.74, 6) is 7.96. The van der Waals surface area contributed by atoms with E-state index in [-0.39, 0.29) is 0 Å². The van der Waals surface area contributed by atoms with E-state index in [0.717, 1.165) is 30.2 Å². The molecule has 2 bridgehead atoms. The standard InChI is InChI=1S/C19H20N4O/c1-22-12-17-11-16(22)13-23(17)19-10-7-15(20-21-19)6-3-14-4-8-18(24-2)9-5-14/h4-5,7-10,16-17H,11-13H2,1-2H3/t16-,17-/m0/s1. The second-order valence-corrected chi connectivity index (χ2v) is 6.39. The number of fused-ring (bicyclic) bond motifs is 2. The highest BCUT2D eigenvalue weighted by Gasteiger charge is 2.41. The molecule has 2 aliphatic rings. The van der Waals surface area contributed by atoms with Crippen LogP contribution in [0.1, 0.15) is 17.7 Å². The second-order valence-electron chi connectivity index (χ2n) is 6.39. The van der Waals surface area contributed by atoms with Gasteiger partial charge in [0.2, 0.25) is 0 Å². The van der Waals surface area contributed by atoms with Crippen molar-refractivity contribution in [1.82, 2.24) is 15.1 Å². The number of methoxy groups -OCH3 is 1. The number of likely N-dealkylation sites (N-methyl/N-ethyl adjacent to an activating group) is 1. The zero-order valence-corrected chi connectivity index (χ0v) is 13.9. The number of likely N-dealkylation sites (tertiary alicyclic amines) is 1. The third kappa shape index (κ3) is 2.81. The van der Waals surface area contributed by atoms with Crippen LogP contribution < -0.4 is 9.64 Å². The molecule has 5 nitrogen and oxygen atoms in total. The molecule has 0 unspecified atom stereocenters. The molecule has 24 heavy (non-hydrogen) atoms. The summed E-state index contributed by atoms with van der Waals surface area (Å²) in [6.07, 6.45) is 1.23. The Kier molecular flexibility index (Phi) is 3.83. The van der Waals surface area contributed by atoms with E-state index in [4.69, 9.17) is 4.74 Å². The lowest BCUT2D eigenvalue weighted by atomic mass is 10.2. The summed E-state index contributed by atoms with van der Waals surface area (Å²) >= 11 is 0. The van der Waals surface area contributed by atoms with Crippen molar-refractivity contribution >= 4 is 5.82 Å². The van der Waals surface area contributed by atoms with E-state index >= 15 is 0 Å². The monoisotopic (exact) mass is 320 g/mol. The zero-order chi connectivity index (χ0) is 16.5. The first-order chi connectivity index (χ1) is 11.7. The molecule has 1 aromatic carbocycles. The molecule has 4 rings (SSSR count). The maximum atomic E-state index is 5.14. The van der Waals surface area contributed by atoms with E-state index in [1.165, 1.54) is 6.42 Å². The molecule has 3 heterocycles. The minimum atomic E-state index is 0.575. The molecule has 0 N–H and O–H groups in total. The number of aromatic nitrogens is 2. The Balaban J connectivity index is 1.46. The third-order valence-corrected chi connectivity index (χ3v) is 4.88. The van der Waals surface area contributed by atoms with Crippen LogP contribution in [0.5, 0.6) is 5.75 Å².